The summed E-state index contributed by atoms with van der Waals surface area (Å²) in [6.07, 6.45) is 4.48. The number of benzene rings is 1. The summed E-state index contributed by atoms with van der Waals surface area (Å²) in [5, 5.41) is 1.30. The highest BCUT2D eigenvalue weighted by molar-refractivity contribution is 5.88. The number of H-pyrrole nitrogens is 1. The van der Waals surface area contributed by atoms with Gasteiger partial charge in [-0.05, 0) is 38.1 Å². The number of likely N-dealkylation sites (N-methyl/N-ethyl adjacent to an activating group) is 1. The molecule has 3 rings (SSSR count). The maximum atomic E-state index is 5.41. The number of hydrogen-bond donors (Lipinski definition) is 1. The Hall–Kier alpha value is -1.52. The van der Waals surface area contributed by atoms with Crippen molar-refractivity contribution in [3.05, 3.63) is 30.0 Å². The number of ether oxygens (including phenoxy) is 1. The fraction of sp³-hybridized carbons (Fsp3) is 0.529. The Morgan fingerprint density at radius 3 is 2.76 bits per heavy atom. The topological polar surface area (TPSA) is 31.5 Å². The molecule has 1 fully saturated rings. The molecule has 2 heterocycles. The second-order valence-corrected chi connectivity index (χ2v) is 5.95. The number of para-hydroxylation sites is 1. The molecule has 1 N–H and O–H groups in total. The van der Waals surface area contributed by atoms with Crippen molar-refractivity contribution in [1.82, 2.24) is 14.8 Å². The number of aromatic nitrogens is 1. The van der Waals surface area contributed by atoms with Gasteiger partial charge in [0, 0.05) is 37.8 Å². The van der Waals surface area contributed by atoms with Gasteiger partial charge in [-0.1, -0.05) is 12.1 Å². The summed E-state index contributed by atoms with van der Waals surface area (Å²) in [6, 6.07) is 6.26. The zero-order valence-corrected chi connectivity index (χ0v) is 13.1. The molecule has 1 aliphatic heterocycles. The van der Waals surface area contributed by atoms with Crippen LogP contribution in [-0.2, 0) is 6.42 Å². The van der Waals surface area contributed by atoms with E-state index in [4.69, 9.17) is 4.74 Å². The minimum absolute atomic E-state index is 0.929. The van der Waals surface area contributed by atoms with Gasteiger partial charge in [-0.2, -0.15) is 0 Å². The highest BCUT2D eigenvalue weighted by Crippen LogP contribution is 2.27. The van der Waals surface area contributed by atoms with Gasteiger partial charge in [-0.3, -0.25) is 0 Å². The van der Waals surface area contributed by atoms with Crippen molar-refractivity contribution in [2.75, 3.05) is 46.9 Å². The Bertz CT molecular complexity index is 585. The average molecular weight is 287 g/mol. The third-order valence-electron chi connectivity index (χ3n) is 4.50. The number of nitrogens with one attached hydrogen (secondary N) is 1. The van der Waals surface area contributed by atoms with Crippen LogP contribution in [0.3, 0.4) is 0 Å². The van der Waals surface area contributed by atoms with Crippen LogP contribution in [0.4, 0.5) is 0 Å². The van der Waals surface area contributed by atoms with Crippen molar-refractivity contribution in [2.24, 2.45) is 0 Å². The molecule has 0 saturated carbocycles. The lowest BCUT2D eigenvalue weighted by Gasteiger charge is -2.32. The standard InChI is InChI=1S/C17H25N3O/c1-19-9-11-20(12-10-19)8-4-5-14-13-18-17-15(14)6-3-7-16(17)21-2/h3,6-7,13,18H,4-5,8-12H2,1-2H3. The number of methoxy groups -OCH3 is 1. The van der Waals surface area contributed by atoms with Crippen LogP contribution in [0.2, 0.25) is 0 Å². The quantitative estimate of drug-likeness (QED) is 0.916. The lowest BCUT2D eigenvalue weighted by atomic mass is 10.1. The van der Waals surface area contributed by atoms with Gasteiger partial charge in [0.2, 0.25) is 0 Å². The van der Waals surface area contributed by atoms with Crippen LogP contribution in [0.5, 0.6) is 5.75 Å². The number of hydrogen-bond acceptors (Lipinski definition) is 3. The number of rotatable bonds is 5. The molecule has 0 bridgehead atoms. The lowest BCUT2D eigenvalue weighted by Crippen LogP contribution is -2.44. The molecule has 0 atom stereocenters. The van der Waals surface area contributed by atoms with Crippen LogP contribution in [0.25, 0.3) is 10.9 Å². The molecule has 1 saturated heterocycles. The largest absolute Gasteiger partial charge is 0.495 e. The fourth-order valence-electron chi connectivity index (χ4n) is 3.13. The molecule has 2 aromatic rings. The number of aryl methyl sites for hydroxylation is 1. The van der Waals surface area contributed by atoms with E-state index < -0.39 is 0 Å². The molecule has 0 aliphatic carbocycles. The van der Waals surface area contributed by atoms with Crippen LogP contribution >= 0.6 is 0 Å². The molecular weight excluding hydrogens is 262 g/mol. The number of piperazine rings is 1. The number of nitrogens with zero attached hydrogens (tertiary/aromatic N) is 2. The van der Waals surface area contributed by atoms with Gasteiger partial charge in [-0.25, -0.2) is 0 Å². The second kappa shape index (κ2) is 6.50. The normalized spacial score (nSPS) is 17.4. The first-order valence-electron chi connectivity index (χ1n) is 7.82. The molecule has 4 heteroatoms. The number of fused-ring (bicyclic) bond motifs is 1. The molecular formula is C17H25N3O. The Labute approximate surface area is 126 Å². The molecule has 1 aromatic heterocycles. The highest BCUT2D eigenvalue weighted by atomic mass is 16.5. The monoisotopic (exact) mass is 287 g/mol. The lowest BCUT2D eigenvalue weighted by molar-refractivity contribution is 0.153. The summed E-state index contributed by atoms with van der Waals surface area (Å²) in [4.78, 5) is 8.34. The molecule has 1 aromatic carbocycles. The van der Waals surface area contributed by atoms with Crippen molar-refractivity contribution >= 4 is 10.9 Å². The van der Waals surface area contributed by atoms with E-state index >= 15 is 0 Å². The zero-order chi connectivity index (χ0) is 14.7. The minimum atomic E-state index is 0.929. The van der Waals surface area contributed by atoms with Gasteiger partial charge in [0.05, 0.1) is 12.6 Å². The minimum Gasteiger partial charge on any atom is -0.495 e. The molecule has 0 amide bonds. The molecule has 4 nitrogen and oxygen atoms in total. The molecule has 114 valence electrons. The van der Waals surface area contributed by atoms with E-state index in [0.717, 1.165) is 17.7 Å². The van der Waals surface area contributed by atoms with Gasteiger partial charge < -0.3 is 19.5 Å². The first-order chi connectivity index (χ1) is 10.3. The van der Waals surface area contributed by atoms with Crippen molar-refractivity contribution in [1.29, 1.82) is 0 Å². The predicted octanol–water partition coefficient (Wildman–Crippen LogP) is 2.36. The molecule has 0 unspecified atom stereocenters. The van der Waals surface area contributed by atoms with Gasteiger partial charge in [0.15, 0.2) is 0 Å². The van der Waals surface area contributed by atoms with Gasteiger partial charge in [0.25, 0.3) is 0 Å². The Morgan fingerprint density at radius 1 is 1.19 bits per heavy atom. The molecule has 21 heavy (non-hydrogen) atoms. The Morgan fingerprint density at radius 2 is 2.00 bits per heavy atom. The van der Waals surface area contributed by atoms with Gasteiger partial charge in [0.1, 0.15) is 5.75 Å². The van der Waals surface area contributed by atoms with Crippen LogP contribution in [0.15, 0.2) is 24.4 Å². The highest BCUT2D eigenvalue weighted by Gasteiger charge is 2.13. The first-order valence-corrected chi connectivity index (χ1v) is 7.82. The van der Waals surface area contributed by atoms with E-state index in [1.54, 1.807) is 7.11 Å². The summed E-state index contributed by atoms with van der Waals surface area (Å²) in [7, 11) is 3.93. The summed E-state index contributed by atoms with van der Waals surface area (Å²) in [6.45, 7) is 6.01. The molecule has 0 spiro atoms. The van der Waals surface area contributed by atoms with Crippen molar-refractivity contribution in [3.8, 4) is 5.75 Å². The van der Waals surface area contributed by atoms with Crippen molar-refractivity contribution < 1.29 is 4.74 Å². The van der Waals surface area contributed by atoms with E-state index in [2.05, 4.69) is 40.2 Å². The fourth-order valence-corrected chi connectivity index (χ4v) is 3.13. The zero-order valence-electron chi connectivity index (χ0n) is 13.1. The maximum absolute atomic E-state index is 5.41. The summed E-state index contributed by atoms with van der Waals surface area (Å²) >= 11 is 0. The van der Waals surface area contributed by atoms with Crippen LogP contribution in [-0.4, -0.2) is 61.7 Å². The Balaban J connectivity index is 1.58. The second-order valence-electron chi connectivity index (χ2n) is 5.95. The van der Waals surface area contributed by atoms with E-state index in [-0.39, 0.29) is 0 Å². The SMILES string of the molecule is COc1cccc2c(CCCN3CCN(C)CC3)c[nH]c12. The smallest absolute Gasteiger partial charge is 0.142 e. The third-order valence-corrected chi connectivity index (χ3v) is 4.50. The van der Waals surface area contributed by atoms with Crippen molar-refractivity contribution in [2.45, 2.75) is 12.8 Å². The van der Waals surface area contributed by atoms with Gasteiger partial charge in [-0.15, -0.1) is 0 Å². The predicted molar refractivity (Wildman–Crippen MR) is 87.1 cm³/mol. The van der Waals surface area contributed by atoms with E-state index in [9.17, 15) is 0 Å². The summed E-state index contributed by atoms with van der Waals surface area (Å²) in [5.74, 6) is 0.929. The number of aromatic amines is 1. The summed E-state index contributed by atoms with van der Waals surface area (Å²) in [5.41, 5.74) is 2.52. The van der Waals surface area contributed by atoms with E-state index in [0.29, 0.717) is 0 Å². The van der Waals surface area contributed by atoms with Crippen molar-refractivity contribution in [3.63, 3.8) is 0 Å². The van der Waals surface area contributed by atoms with Gasteiger partial charge >= 0.3 is 0 Å². The molecule has 1 aliphatic rings. The average Bonchev–Trinajstić information content (AvgIpc) is 2.92. The summed E-state index contributed by atoms with van der Waals surface area (Å²) < 4.78 is 5.41. The Kier molecular flexibility index (Phi) is 4.46. The van der Waals surface area contributed by atoms with Crippen LogP contribution < -0.4 is 4.74 Å². The van der Waals surface area contributed by atoms with Crippen LogP contribution in [0, 0.1) is 0 Å². The van der Waals surface area contributed by atoms with Crippen LogP contribution in [0.1, 0.15) is 12.0 Å². The third kappa shape index (κ3) is 3.22. The van der Waals surface area contributed by atoms with E-state index in [1.165, 1.54) is 50.1 Å². The maximum Gasteiger partial charge on any atom is 0.142 e. The first kappa shape index (κ1) is 14.4. The van der Waals surface area contributed by atoms with E-state index in [1.807, 2.05) is 6.07 Å². The molecule has 0 radical (unpaired) electrons.